The maximum atomic E-state index is 4.33. The highest BCUT2D eigenvalue weighted by atomic mass is 15.5. The third-order valence-electron chi connectivity index (χ3n) is 2.28. The summed E-state index contributed by atoms with van der Waals surface area (Å²) in [6.45, 7) is 9.87. The molecular formula is C12H24N2. The number of hydrogen-bond donors (Lipinski definition) is 0. The number of rotatable bonds is 4. The fourth-order valence-corrected chi connectivity index (χ4v) is 1.64. The Kier molecular flexibility index (Phi) is 8.30. The van der Waals surface area contributed by atoms with E-state index in [4.69, 9.17) is 0 Å². The Balaban J connectivity index is 0.000000791. The Labute approximate surface area is 88.7 Å². The van der Waals surface area contributed by atoms with Gasteiger partial charge in [0.05, 0.1) is 6.04 Å². The molecule has 1 saturated carbocycles. The van der Waals surface area contributed by atoms with Crippen molar-refractivity contribution in [2.75, 3.05) is 0 Å². The first-order valence-corrected chi connectivity index (χ1v) is 5.81. The smallest absolute Gasteiger partial charge is 0.0518 e. The van der Waals surface area contributed by atoms with Crippen LogP contribution >= 0.6 is 0 Å². The summed E-state index contributed by atoms with van der Waals surface area (Å²) in [5.41, 5.74) is 0. The zero-order valence-electron chi connectivity index (χ0n) is 9.87. The van der Waals surface area contributed by atoms with Gasteiger partial charge >= 0.3 is 0 Å². The normalized spacial score (nSPS) is 16.5. The minimum absolute atomic E-state index is 0.616. The summed E-state index contributed by atoms with van der Waals surface area (Å²) in [6.07, 6.45) is 10.0. The van der Waals surface area contributed by atoms with Gasteiger partial charge in [-0.2, -0.15) is 5.10 Å². The second-order valence-electron chi connectivity index (χ2n) is 3.21. The van der Waals surface area contributed by atoms with Gasteiger partial charge in [-0.05, 0) is 19.3 Å². The lowest BCUT2D eigenvalue weighted by atomic mass is 10.2. The predicted molar refractivity (Wildman–Crippen MR) is 64.4 cm³/mol. The lowest BCUT2D eigenvalue weighted by molar-refractivity contribution is 0.294. The molecule has 14 heavy (non-hydrogen) atoms. The van der Waals surface area contributed by atoms with Crippen LogP contribution in [0.4, 0.5) is 0 Å². The van der Waals surface area contributed by atoms with Crippen molar-refractivity contribution in [1.29, 1.82) is 0 Å². The van der Waals surface area contributed by atoms with Crippen LogP contribution in [0.2, 0.25) is 0 Å². The Morgan fingerprint density at radius 3 is 2.36 bits per heavy atom. The summed E-state index contributed by atoms with van der Waals surface area (Å²) < 4.78 is 0. The molecule has 0 unspecified atom stereocenters. The monoisotopic (exact) mass is 196 g/mol. The number of hydrazone groups is 1. The van der Waals surface area contributed by atoms with Crippen molar-refractivity contribution in [2.45, 2.75) is 58.9 Å². The molecule has 1 fully saturated rings. The van der Waals surface area contributed by atoms with Gasteiger partial charge < -0.3 is 0 Å². The molecule has 82 valence electrons. The molecule has 0 bridgehead atoms. The van der Waals surface area contributed by atoms with Gasteiger partial charge in [0, 0.05) is 12.4 Å². The summed E-state index contributed by atoms with van der Waals surface area (Å²) in [6, 6.07) is 0.616. The minimum Gasteiger partial charge on any atom is -0.271 e. The maximum Gasteiger partial charge on any atom is 0.0518 e. The molecule has 0 aromatic carbocycles. The minimum atomic E-state index is 0.616. The molecule has 0 amide bonds. The predicted octanol–water partition coefficient (Wildman–Crippen LogP) is 3.80. The van der Waals surface area contributed by atoms with Crippen LogP contribution in [0, 0.1) is 0 Å². The van der Waals surface area contributed by atoms with Crippen LogP contribution in [0.15, 0.2) is 17.9 Å². The maximum absolute atomic E-state index is 4.33. The molecule has 1 rings (SSSR count). The lowest BCUT2D eigenvalue weighted by Gasteiger charge is -2.20. The van der Waals surface area contributed by atoms with E-state index in [0.717, 1.165) is 6.42 Å². The molecule has 0 saturated heterocycles. The van der Waals surface area contributed by atoms with E-state index in [2.05, 4.69) is 18.6 Å². The van der Waals surface area contributed by atoms with Crippen LogP contribution in [-0.2, 0) is 0 Å². The van der Waals surface area contributed by atoms with Gasteiger partial charge in [-0.25, -0.2) is 0 Å². The van der Waals surface area contributed by atoms with Crippen LogP contribution < -0.4 is 0 Å². The van der Waals surface area contributed by atoms with E-state index in [1.807, 2.05) is 31.3 Å². The summed E-state index contributed by atoms with van der Waals surface area (Å²) in [7, 11) is 0. The van der Waals surface area contributed by atoms with Gasteiger partial charge in [-0.3, -0.25) is 5.01 Å². The number of hydrogen-bond acceptors (Lipinski definition) is 2. The molecule has 0 N–H and O–H groups in total. The Morgan fingerprint density at radius 2 is 1.93 bits per heavy atom. The van der Waals surface area contributed by atoms with Crippen molar-refractivity contribution < 1.29 is 0 Å². The molecule has 0 aliphatic heterocycles. The quantitative estimate of drug-likeness (QED) is 0.493. The lowest BCUT2D eigenvalue weighted by Crippen LogP contribution is -2.22. The Morgan fingerprint density at radius 1 is 1.36 bits per heavy atom. The first kappa shape index (κ1) is 13.2. The summed E-state index contributed by atoms with van der Waals surface area (Å²) >= 11 is 0. The molecule has 2 heteroatoms. The zero-order valence-corrected chi connectivity index (χ0v) is 9.87. The van der Waals surface area contributed by atoms with Gasteiger partial charge in [0.2, 0.25) is 0 Å². The first-order valence-electron chi connectivity index (χ1n) is 5.81. The van der Waals surface area contributed by atoms with E-state index in [1.54, 1.807) is 0 Å². The Bertz CT molecular complexity index is 158. The molecule has 1 aliphatic rings. The second kappa shape index (κ2) is 8.79. The van der Waals surface area contributed by atoms with Gasteiger partial charge in [-0.1, -0.05) is 40.2 Å². The van der Waals surface area contributed by atoms with Gasteiger partial charge in [-0.15, -0.1) is 0 Å². The van der Waals surface area contributed by atoms with Crippen molar-refractivity contribution in [3.63, 3.8) is 0 Å². The van der Waals surface area contributed by atoms with Crippen molar-refractivity contribution in [1.82, 2.24) is 5.01 Å². The average Bonchev–Trinajstić information content (AvgIpc) is 2.76. The molecular weight excluding hydrogens is 172 g/mol. The van der Waals surface area contributed by atoms with E-state index in [9.17, 15) is 0 Å². The highest BCUT2D eigenvalue weighted by molar-refractivity contribution is 5.56. The summed E-state index contributed by atoms with van der Waals surface area (Å²) in [4.78, 5) is 0. The van der Waals surface area contributed by atoms with Crippen LogP contribution in [0.1, 0.15) is 52.9 Å². The molecule has 0 aromatic rings. The van der Waals surface area contributed by atoms with Crippen molar-refractivity contribution >= 4 is 6.21 Å². The average molecular weight is 196 g/mol. The third kappa shape index (κ3) is 4.45. The van der Waals surface area contributed by atoms with Crippen molar-refractivity contribution in [2.24, 2.45) is 5.10 Å². The summed E-state index contributed by atoms with van der Waals surface area (Å²) in [5.74, 6) is 0. The van der Waals surface area contributed by atoms with E-state index < -0.39 is 0 Å². The molecule has 0 heterocycles. The van der Waals surface area contributed by atoms with Crippen molar-refractivity contribution in [3.05, 3.63) is 12.8 Å². The zero-order chi connectivity index (χ0) is 10.8. The highest BCUT2D eigenvalue weighted by Gasteiger charge is 2.18. The third-order valence-corrected chi connectivity index (χ3v) is 2.28. The van der Waals surface area contributed by atoms with E-state index in [0.29, 0.717) is 6.04 Å². The fraction of sp³-hybridized carbons (Fsp3) is 0.750. The van der Waals surface area contributed by atoms with E-state index in [-0.39, 0.29) is 0 Å². The largest absolute Gasteiger partial charge is 0.271 e. The number of nitrogens with zero attached hydrogens (tertiary/aromatic N) is 2. The molecule has 0 spiro atoms. The topological polar surface area (TPSA) is 15.6 Å². The summed E-state index contributed by atoms with van der Waals surface area (Å²) in [5, 5.41) is 6.34. The van der Waals surface area contributed by atoms with Crippen LogP contribution in [0.5, 0.6) is 0 Å². The SMILES string of the molecule is C=CN(/N=C\CC)C1CCCC1.CC. The molecule has 0 aromatic heterocycles. The molecule has 2 nitrogen and oxygen atoms in total. The highest BCUT2D eigenvalue weighted by Crippen LogP contribution is 2.23. The first-order chi connectivity index (χ1) is 6.88. The van der Waals surface area contributed by atoms with Crippen LogP contribution in [0.3, 0.4) is 0 Å². The van der Waals surface area contributed by atoms with Gasteiger partial charge in [0.1, 0.15) is 0 Å². The molecule has 1 aliphatic carbocycles. The second-order valence-corrected chi connectivity index (χ2v) is 3.21. The van der Waals surface area contributed by atoms with Crippen LogP contribution in [0.25, 0.3) is 0 Å². The molecule has 0 radical (unpaired) electrons. The van der Waals surface area contributed by atoms with Gasteiger partial charge in [0.15, 0.2) is 0 Å². The molecule has 0 atom stereocenters. The fourth-order valence-electron chi connectivity index (χ4n) is 1.64. The van der Waals surface area contributed by atoms with E-state index in [1.165, 1.54) is 25.7 Å². The van der Waals surface area contributed by atoms with E-state index >= 15 is 0 Å². The Hall–Kier alpha value is -0.790. The van der Waals surface area contributed by atoms with Gasteiger partial charge in [0.25, 0.3) is 0 Å². The van der Waals surface area contributed by atoms with Crippen molar-refractivity contribution in [3.8, 4) is 0 Å². The van der Waals surface area contributed by atoms with Crippen LogP contribution in [-0.4, -0.2) is 17.3 Å². The standard InChI is InChI=1S/C10H18N2.C2H6/c1-3-9-11-12(4-2)10-7-5-6-8-10;1-2/h4,9-10H,2-3,5-8H2,1H3;1-2H3/b11-9-;.